The number of methoxy groups -OCH3 is 2. The van der Waals surface area contributed by atoms with E-state index in [9.17, 15) is 4.79 Å². The first kappa shape index (κ1) is 16.3. The third-order valence-electron chi connectivity index (χ3n) is 4.49. The van der Waals surface area contributed by atoms with Gasteiger partial charge in [0, 0.05) is 37.0 Å². The van der Waals surface area contributed by atoms with Crippen molar-refractivity contribution in [3.05, 3.63) is 53.9 Å². The second-order valence-electron chi connectivity index (χ2n) is 5.95. The Morgan fingerprint density at radius 3 is 2.75 bits per heavy atom. The van der Waals surface area contributed by atoms with Gasteiger partial charge < -0.3 is 14.4 Å². The highest BCUT2D eigenvalue weighted by molar-refractivity contribution is 5.95. The van der Waals surface area contributed by atoms with Gasteiger partial charge in [0.25, 0.3) is 5.91 Å². The average molecular weight is 326 g/mol. The Hall–Kier alpha value is -2.56. The lowest BCUT2D eigenvalue weighted by atomic mass is 9.91. The summed E-state index contributed by atoms with van der Waals surface area (Å²) in [5.41, 5.74) is 1.82. The van der Waals surface area contributed by atoms with Gasteiger partial charge in [0.2, 0.25) is 0 Å². The molecular weight excluding hydrogens is 304 g/mol. The average Bonchev–Trinajstić information content (AvgIpc) is 2.67. The number of hydrogen-bond donors (Lipinski definition) is 0. The fourth-order valence-electron chi connectivity index (χ4n) is 3.20. The molecule has 1 amide bonds. The Kier molecular flexibility index (Phi) is 4.99. The second kappa shape index (κ2) is 7.34. The summed E-state index contributed by atoms with van der Waals surface area (Å²) in [6, 6.07) is 9.34. The van der Waals surface area contributed by atoms with Gasteiger partial charge in [-0.2, -0.15) is 0 Å². The lowest BCUT2D eigenvalue weighted by Crippen LogP contribution is -2.39. The highest BCUT2D eigenvalue weighted by Gasteiger charge is 2.26. The molecule has 2 aromatic rings. The maximum absolute atomic E-state index is 12.9. The van der Waals surface area contributed by atoms with Crippen LogP contribution in [0.4, 0.5) is 0 Å². The second-order valence-corrected chi connectivity index (χ2v) is 5.95. The molecule has 0 radical (unpaired) electrons. The van der Waals surface area contributed by atoms with Crippen molar-refractivity contribution < 1.29 is 14.3 Å². The third kappa shape index (κ3) is 3.35. The largest absolute Gasteiger partial charge is 0.493 e. The zero-order valence-electron chi connectivity index (χ0n) is 14.1. The van der Waals surface area contributed by atoms with E-state index in [0.717, 1.165) is 25.9 Å². The van der Waals surface area contributed by atoms with E-state index in [2.05, 4.69) is 11.1 Å². The minimum Gasteiger partial charge on any atom is -0.493 e. The summed E-state index contributed by atoms with van der Waals surface area (Å²) in [6.45, 7) is 1.50. The predicted octanol–water partition coefficient (Wildman–Crippen LogP) is 3.12. The molecule has 1 saturated heterocycles. The van der Waals surface area contributed by atoms with E-state index in [-0.39, 0.29) is 5.91 Å². The molecule has 1 atom stereocenters. The van der Waals surface area contributed by atoms with Crippen molar-refractivity contribution in [1.29, 1.82) is 0 Å². The van der Waals surface area contributed by atoms with Crippen molar-refractivity contribution in [1.82, 2.24) is 9.88 Å². The number of benzene rings is 1. The molecule has 1 aliphatic rings. The van der Waals surface area contributed by atoms with Crippen LogP contribution >= 0.6 is 0 Å². The van der Waals surface area contributed by atoms with Crippen molar-refractivity contribution in [3.8, 4) is 11.5 Å². The number of nitrogens with zero attached hydrogens (tertiary/aromatic N) is 2. The van der Waals surface area contributed by atoms with E-state index < -0.39 is 0 Å². The molecule has 3 rings (SSSR count). The summed E-state index contributed by atoms with van der Waals surface area (Å²) in [6.07, 6.45) is 5.76. The standard InChI is InChI=1S/C19H22N2O3/c1-23-17-8-7-14(11-18(17)24-2)19(22)21-10-4-6-16(13-21)15-5-3-9-20-12-15/h3,5,7-9,11-12,16H,4,6,10,13H2,1-2H3. The van der Waals surface area contributed by atoms with Crippen LogP contribution in [0.15, 0.2) is 42.7 Å². The fraction of sp³-hybridized carbons (Fsp3) is 0.368. The highest BCUT2D eigenvalue weighted by atomic mass is 16.5. The molecule has 0 saturated carbocycles. The molecule has 0 bridgehead atoms. The molecule has 126 valence electrons. The number of piperidine rings is 1. The molecule has 1 aromatic heterocycles. The Balaban J connectivity index is 1.77. The number of likely N-dealkylation sites (tertiary alicyclic amines) is 1. The number of rotatable bonds is 4. The van der Waals surface area contributed by atoms with Crippen LogP contribution in [0.3, 0.4) is 0 Å². The first-order valence-corrected chi connectivity index (χ1v) is 8.14. The van der Waals surface area contributed by atoms with Crippen molar-refractivity contribution in [2.75, 3.05) is 27.3 Å². The molecule has 1 aromatic carbocycles. The number of hydrogen-bond acceptors (Lipinski definition) is 4. The van der Waals surface area contributed by atoms with Crippen LogP contribution < -0.4 is 9.47 Å². The Morgan fingerprint density at radius 1 is 1.21 bits per heavy atom. The maximum atomic E-state index is 12.9. The molecule has 2 heterocycles. The number of carbonyl (C=O) groups excluding carboxylic acids is 1. The fourth-order valence-corrected chi connectivity index (χ4v) is 3.20. The molecule has 5 heteroatoms. The highest BCUT2D eigenvalue weighted by Crippen LogP contribution is 2.30. The van der Waals surface area contributed by atoms with Gasteiger partial charge in [-0.1, -0.05) is 6.07 Å². The van der Waals surface area contributed by atoms with Gasteiger partial charge in [0.15, 0.2) is 11.5 Å². The summed E-state index contributed by atoms with van der Waals surface area (Å²) in [7, 11) is 3.16. The van der Waals surface area contributed by atoms with E-state index in [1.807, 2.05) is 17.2 Å². The van der Waals surface area contributed by atoms with Gasteiger partial charge >= 0.3 is 0 Å². The van der Waals surface area contributed by atoms with Gasteiger partial charge in [0.05, 0.1) is 14.2 Å². The summed E-state index contributed by atoms with van der Waals surface area (Å²) >= 11 is 0. The molecule has 0 N–H and O–H groups in total. The van der Waals surface area contributed by atoms with Crippen molar-refractivity contribution >= 4 is 5.91 Å². The smallest absolute Gasteiger partial charge is 0.254 e. The quantitative estimate of drug-likeness (QED) is 0.866. The maximum Gasteiger partial charge on any atom is 0.254 e. The van der Waals surface area contributed by atoms with Crippen molar-refractivity contribution in [2.45, 2.75) is 18.8 Å². The van der Waals surface area contributed by atoms with Gasteiger partial charge in [-0.3, -0.25) is 9.78 Å². The van der Waals surface area contributed by atoms with Crippen LogP contribution in [0.5, 0.6) is 11.5 Å². The molecule has 1 fully saturated rings. The van der Waals surface area contributed by atoms with Crippen LogP contribution in [0, 0.1) is 0 Å². The van der Waals surface area contributed by atoms with Crippen LogP contribution in [0.25, 0.3) is 0 Å². The molecule has 0 spiro atoms. The van der Waals surface area contributed by atoms with E-state index in [1.54, 1.807) is 38.6 Å². The van der Waals surface area contributed by atoms with E-state index in [1.165, 1.54) is 5.56 Å². The molecule has 1 unspecified atom stereocenters. The van der Waals surface area contributed by atoms with Crippen LogP contribution in [0.1, 0.15) is 34.7 Å². The zero-order valence-corrected chi connectivity index (χ0v) is 14.1. The van der Waals surface area contributed by atoms with Crippen molar-refractivity contribution in [3.63, 3.8) is 0 Å². The number of aromatic nitrogens is 1. The monoisotopic (exact) mass is 326 g/mol. The number of amides is 1. The topological polar surface area (TPSA) is 51.7 Å². The van der Waals surface area contributed by atoms with E-state index in [4.69, 9.17) is 9.47 Å². The predicted molar refractivity (Wildman–Crippen MR) is 91.7 cm³/mol. The molecular formula is C19H22N2O3. The minimum absolute atomic E-state index is 0.0320. The summed E-state index contributed by atoms with van der Waals surface area (Å²) in [4.78, 5) is 19.0. The first-order valence-electron chi connectivity index (χ1n) is 8.14. The summed E-state index contributed by atoms with van der Waals surface area (Å²) in [5.74, 6) is 1.58. The van der Waals surface area contributed by atoms with E-state index in [0.29, 0.717) is 23.0 Å². The zero-order chi connectivity index (χ0) is 16.9. The Morgan fingerprint density at radius 2 is 2.04 bits per heavy atom. The van der Waals surface area contributed by atoms with E-state index >= 15 is 0 Å². The minimum atomic E-state index is 0.0320. The SMILES string of the molecule is COc1ccc(C(=O)N2CCCC(c3cccnc3)C2)cc1OC. The molecule has 5 nitrogen and oxygen atoms in total. The first-order chi connectivity index (χ1) is 11.7. The lowest BCUT2D eigenvalue weighted by molar-refractivity contribution is 0.0706. The number of carbonyl (C=O) groups is 1. The van der Waals surface area contributed by atoms with Crippen LogP contribution in [0.2, 0.25) is 0 Å². The Labute approximate surface area is 142 Å². The molecule has 1 aliphatic heterocycles. The third-order valence-corrected chi connectivity index (χ3v) is 4.49. The normalized spacial score (nSPS) is 17.4. The van der Waals surface area contributed by atoms with Gasteiger partial charge in [-0.25, -0.2) is 0 Å². The number of pyridine rings is 1. The lowest BCUT2D eigenvalue weighted by Gasteiger charge is -2.33. The number of ether oxygens (including phenoxy) is 2. The summed E-state index contributed by atoms with van der Waals surface area (Å²) < 4.78 is 10.5. The van der Waals surface area contributed by atoms with Gasteiger partial charge in [-0.05, 0) is 42.7 Å². The summed E-state index contributed by atoms with van der Waals surface area (Å²) in [5, 5.41) is 0. The van der Waals surface area contributed by atoms with Crippen LogP contribution in [-0.2, 0) is 0 Å². The molecule has 24 heavy (non-hydrogen) atoms. The van der Waals surface area contributed by atoms with Gasteiger partial charge in [-0.15, -0.1) is 0 Å². The van der Waals surface area contributed by atoms with Crippen LogP contribution in [-0.4, -0.2) is 43.1 Å². The Bertz CT molecular complexity index is 703. The molecule has 0 aliphatic carbocycles. The van der Waals surface area contributed by atoms with Crippen molar-refractivity contribution in [2.24, 2.45) is 0 Å². The van der Waals surface area contributed by atoms with Gasteiger partial charge in [0.1, 0.15) is 0 Å².